The summed E-state index contributed by atoms with van der Waals surface area (Å²) in [5, 5.41) is 3.10. The molecule has 0 spiro atoms. The Morgan fingerprint density at radius 2 is 1.95 bits per heavy atom. The summed E-state index contributed by atoms with van der Waals surface area (Å²) in [7, 11) is 0. The van der Waals surface area contributed by atoms with Crippen molar-refractivity contribution in [1.82, 2.24) is 5.32 Å². The van der Waals surface area contributed by atoms with E-state index in [0.29, 0.717) is 4.75 Å². The van der Waals surface area contributed by atoms with Gasteiger partial charge in [-0.05, 0) is 50.6 Å². The highest BCUT2D eigenvalue weighted by Gasteiger charge is 2.43. The summed E-state index contributed by atoms with van der Waals surface area (Å²) in [5.41, 5.74) is 6.87. The molecule has 0 aromatic heterocycles. The molecule has 0 radical (unpaired) electrons. The molecule has 104 valence electrons. The average molecular weight is 278 g/mol. The van der Waals surface area contributed by atoms with Gasteiger partial charge in [0.1, 0.15) is 0 Å². The van der Waals surface area contributed by atoms with Gasteiger partial charge in [0.2, 0.25) is 5.91 Å². The summed E-state index contributed by atoms with van der Waals surface area (Å²) in [4.78, 5) is 12.4. The minimum Gasteiger partial charge on any atom is -0.399 e. The lowest BCUT2D eigenvalue weighted by Gasteiger charge is -2.25. The summed E-state index contributed by atoms with van der Waals surface area (Å²) in [6.45, 7) is 4.67. The molecule has 19 heavy (non-hydrogen) atoms. The van der Waals surface area contributed by atoms with E-state index in [2.05, 4.69) is 11.6 Å². The third-order valence-corrected chi connectivity index (χ3v) is 5.43. The van der Waals surface area contributed by atoms with Crippen molar-refractivity contribution >= 4 is 23.4 Å². The number of rotatable bonds is 5. The Balaban J connectivity index is 2.02. The van der Waals surface area contributed by atoms with Crippen LogP contribution in [-0.2, 0) is 10.2 Å². The molecule has 0 atom stereocenters. The number of carbonyl (C=O) groups is 1. The number of carbonyl (C=O) groups excluding carboxylic acids is 1. The van der Waals surface area contributed by atoms with E-state index in [0.717, 1.165) is 17.8 Å². The maximum Gasteiger partial charge on any atom is 0.230 e. The topological polar surface area (TPSA) is 55.1 Å². The third-order valence-electron chi connectivity index (χ3n) is 4.01. The van der Waals surface area contributed by atoms with Crippen molar-refractivity contribution in [3.05, 3.63) is 29.8 Å². The summed E-state index contributed by atoms with van der Waals surface area (Å²) < 4.78 is 0.298. The predicted octanol–water partition coefficient (Wildman–Crippen LogP) is 2.56. The van der Waals surface area contributed by atoms with Crippen LogP contribution in [0.25, 0.3) is 0 Å². The number of anilines is 1. The number of hydrogen-bond acceptors (Lipinski definition) is 3. The first-order valence-corrected chi connectivity index (χ1v) is 7.82. The lowest BCUT2D eigenvalue weighted by atomic mass is 9.83. The number of nitrogen functional groups attached to an aromatic ring is 1. The van der Waals surface area contributed by atoms with E-state index in [-0.39, 0.29) is 5.91 Å². The van der Waals surface area contributed by atoms with Crippen LogP contribution in [0.1, 0.15) is 32.3 Å². The first kappa shape index (κ1) is 14.3. The van der Waals surface area contributed by atoms with Crippen molar-refractivity contribution < 1.29 is 4.79 Å². The zero-order chi connectivity index (χ0) is 14.1. The zero-order valence-electron chi connectivity index (χ0n) is 11.8. The van der Waals surface area contributed by atoms with Gasteiger partial charge in [-0.25, -0.2) is 0 Å². The van der Waals surface area contributed by atoms with Crippen molar-refractivity contribution in [2.45, 2.75) is 36.9 Å². The molecule has 0 saturated heterocycles. The van der Waals surface area contributed by atoms with Gasteiger partial charge in [0.15, 0.2) is 0 Å². The van der Waals surface area contributed by atoms with Crippen LogP contribution >= 0.6 is 11.8 Å². The fraction of sp³-hybridized carbons (Fsp3) is 0.533. The largest absolute Gasteiger partial charge is 0.399 e. The number of thioether (sulfide) groups is 1. The first-order chi connectivity index (χ1) is 8.89. The van der Waals surface area contributed by atoms with Crippen LogP contribution in [0.5, 0.6) is 0 Å². The average Bonchev–Trinajstić information content (AvgIpc) is 3.17. The monoisotopic (exact) mass is 278 g/mol. The molecule has 2 rings (SSSR count). The molecular weight excluding hydrogens is 256 g/mol. The molecule has 1 aliphatic carbocycles. The van der Waals surface area contributed by atoms with E-state index >= 15 is 0 Å². The van der Waals surface area contributed by atoms with Crippen LogP contribution in [0.2, 0.25) is 0 Å². The van der Waals surface area contributed by atoms with Gasteiger partial charge < -0.3 is 11.1 Å². The maximum atomic E-state index is 12.4. The van der Waals surface area contributed by atoms with Crippen LogP contribution in [0.4, 0.5) is 5.69 Å². The first-order valence-electron chi connectivity index (χ1n) is 6.59. The van der Waals surface area contributed by atoms with Crippen LogP contribution in [0.3, 0.4) is 0 Å². The van der Waals surface area contributed by atoms with Gasteiger partial charge in [0.25, 0.3) is 0 Å². The predicted molar refractivity (Wildman–Crippen MR) is 82.4 cm³/mol. The smallest absolute Gasteiger partial charge is 0.230 e. The molecule has 1 amide bonds. The number of nitrogens with one attached hydrogen (secondary N) is 1. The van der Waals surface area contributed by atoms with Gasteiger partial charge in [-0.1, -0.05) is 12.1 Å². The second-order valence-corrected chi connectivity index (χ2v) is 7.09. The van der Waals surface area contributed by atoms with Gasteiger partial charge in [-0.2, -0.15) is 11.8 Å². The minimum absolute atomic E-state index is 0.0811. The molecular formula is C15H22N2OS. The van der Waals surface area contributed by atoms with Crippen molar-refractivity contribution in [3.8, 4) is 0 Å². The van der Waals surface area contributed by atoms with Crippen LogP contribution < -0.4 is 11.1 Å². The quantitative estimate of drug-likeness (QED) is 0.814. The number of nitrogens with two attached hydrogens (primary N) is 1. The minimum atomic E-state index is -0.526. The SMILES string of the molecule is CSC1(CNC(=O)C(C)(C)c2ccc(N)cc2)CC1. The second kappa shape index (κ2) is 5.08. The Hall–Kier alpha value is -1.16. The highest BCUT2D eigenvalue weighted by Crippen LogP contribution is 2.46. The Labute approximate surface area is 119 Å². The van der Waals surface area contributed by atoms with Crippen molar-refractivity contribution in [2.24, 2.45) is 0 Å². The number of amides is 1. The molecule has 3 nitrogen and oxygen atoms in total. The molecule has 1 aromatic rings. The normalized spacial score (nSPS) is 17.0. The highest BCUT2D eigenvalue weighted by atomic mass is 32.2. The summed E-state index contributed by atoms with van der Waals surface area (Å²) >= 11 is 1.86. The maximum absolute atomic E-state index is 12.4. The fourth-order valence-corrected chi connectivity index (χ4v) is 2.81. The van der Waals surface area contributed by atoms with E-state index < -0.39 is 5.41 Å². The summed E-state index contributed by atoms with van der Waals surface area (Å²) in [6, 6.07) is 7.54. The lowest BCUT2D eigenvalue weighted by molar-refractivity contribution is -0.125. The third kappa shape index (κ3) is 3.06. The van der Waals surface area contributed by atoms with E-state index in [1.807, 2.05) is 49.9 Å². The van der Waals surface area contributed by atoms with Crippen molar-refractivity contribution in [1.29, 1.82) is 0 Å². The Kier molecular flexibility index (Phi) is 3.81. The Bertz CT molecular complexity index is 464. The Morgan fingerprint density at radius 1 is 1.37 bits per heavy atom. The van der Waals surface area contributed by atoms with E-state index in [9.17, 15) is 4.79 Å². The lowest BCUT2D eigenvalue weighted by Crippen LogP contribution is -2.43. The van der Waals surface area contributed by atoms with Crippen LogP contribution in [0.15, 0.2) is 24.3 Å². The van der Waals surface area contributed by atoms with E-state index in [4.69, 9.17) is 5.73 Å². The van der Waals surface area contributed by atoms with E-state index in [1.165, 1.54) is 12.8 Å². The Morgan fingerprint density at radius 3 is 2.42 bits per heavy atom. The molecule has 1 saturated carbocycles. The molecule has 4 heteroatoms. The van der Waals surface area contributed by atoms with Gasteiger partial charge in [-0.3, -0.25) is 4.79 Å². The molecule has 1 fully saturated rings. The van der Waals surface area contributed by atoms with Gasteiger partial charge in [-0.15, -0.1) is 0 Å². The van der Waals surface area contributed by atoms with E-state index in [1.54, 1.807) is 0 Å². The molecule has 1 aromatic carbocycles. The molecule has 3 N–H and O–H groups in total. The van der Waals surface area contributed by atoms with Gasteiger partial charge in [0.05, 0.1) is 5.41 Å². The van der Waals surface area contributed by atoms with Gasteiger partial charge >= 0.3 is 0 Å². The molecule has 0 aliphatic heterocycles. The number of benzene rings is 1. The van der Waals surface area contributed by atoms with Crippen LogP contribution in [-0.4, -0.2) is 23.5 Å². The highest BCUT2D eigenvalue weighted by molar-refractivity contribution is 8.00. The second-order valence-electron chi connectivity index (χ2n) is 5.82. The summed E-state index contributed by atoms with van der Waals surface area (Å²) in [6.07, 6.45) is 4.53. The van der Waals surface area contributed by atoms with Gasteiger partial charge in [0, 0.05) is 17.0 Å². The standard InChI is InChI=1S/C15H22N2OS/c1-14(2,11-4-6-12(16)7-5-11)13(18)17-10-15(19-3)8-9-15/h4-7H,8-10,16H2,1-3H3,(H,17,18). The molecule has 0 bridgehead atoms. The molecule has 0 unspecified atom stereocenters. The summed E-state index contributed by atoms with van der Waals surface area (Å²) in [5.74, 6) is 0.0811. The molecule has 0 heterocycles. The fourth-order valence-electron chi connectivity index (χ4n) is 2.09. The molecule has 1 aliphatic rings. The number of hydrogen-bond donors (Lipinski definition) is 2. The van der Waals surface area contributed by atoms with Crippen LogP contribution in [0, 0.1) is 0 Å². The van der Waals surface area contributed by atoms with Crippen molar-refractivity contribution in [2.75, 3.05) is 18.5 Å². The van der Waals surface area contributed by atoms with Crippen molar-refractivity contribution in [3.63, 3.8) is 0 Å². The zero-order valence-corrected chi connectivity index (χ0v) is 12.6.